The summed E-state index contributed by atoms with van der Waals surface area (Å²) in [6, 6.07) is 24.1. The summed E-state index contributed by atoms with van der Waals surface area (Å²) in [6.45, 7) is 0. The van der Waals surface area contributed by atoms with Gasteiger partial charge in [-0.25, -0.2) is 5.01 Å². The van der Waals surface area contributed by atoms with Crippen LogP contribution in [-0.4, -0.2) is 17.8 Å². The molecule has 0 fully saturated rings. The van der Waals surface area contributed by atoms with Gasteiger partial charge in [0.2, 0.25) is 6.23 Å². The van der Waals surface area contributed by atoms with Crippen molar-refractivity contribution in [1.29, 1.82) is 0 Å². The minimum atomic E-state index is -0.300. The summed E-state index contributed by atoms with van der Waals surface area (Å²) in [4.78, 5) is 0. The van der Waals surface area contributed by atoms with Crippen molar-refractivity contribution >= 4 is 17.3 Å². The van der Waals surface area contributed by atoms with Crippen molar-refractivity contribution in [2.24, 2.45) is 5.10 Å². The number of ether oxygens (including phenoxy) is 2. The van der Waals surface area contributed by atoms with Gasteiger partial charge in [0, 0.05) is 22.6 Å². The van der Waals surface area contributed by atoms with E-state index in [-0.39, 0.29) is 12.3 Å². The molecule has 0 spiro atoms. The molecule has 0 aromatic heterocycles. The Bertz CT molecular complexity index is 1030. The third-order valence-corrected chi connectivity index (χ3v) is 5.49. The van der Waals surface area contributed by atoms with Gasteiger partial charge in [-0.2, -0.15) is 5.10 Å². The second-order valence-electron chi connectivity index (χ2n) is 6.94. The molecule has 3 aromatic rings. The van der Waals surface area contributed by atoms with Gasteiger partial charge >= 0.3 is 0 Å². The summed E-state index contributed by atoms with van der Waals surface area (Å²) >= 11 is 6.28. The van der Waals surface area contributed by atoms with E-state index in [1.54, 1.807) is 7.11 Å². The standard InChI is InChI=1S/C23H19ClN2O2/c1-27-18-10-7-16(8-11-18)23-26-21(19-13-17(24)9-12-22(19)28-23)14-20(25-26)15-5-3-2-4-6-15/h2-13,21,23H,14H2,1H3/t21-,23+/m1/s1. The van der Waals surface area contributed by atoms with Crippen LogP contribution in [0.3, 0.4) is 0 Å². The van der Waals surface area contributed by atoms with E-state index in [0.29, 0.717) is 5.02 Å². The molecule has 4 nitrogen and oxygen atoms in total. The summed E-state index contributed by atoms with van der Waals surface area (Å²) in [6.07, 6.45) is 0.513. The van der Waals surface area contributed by atoms with E-state index in [0.717, 1.165) is 40.3 Å². The van der Waals surface area contributed by atoms with Gasteiger partial charge in [-0.1, -0.05) is 41.9 Å². The van der Waals surface area contributed by atoms with E-state index in [2.05, 4.69) is 17.1 Å². The van der Waals surface area contributed by atoms with E-state index in [9.17, 15) is 0 Å². The van der Waals surface area contributed by atoms with E-state index >= 15 is 0 Å². The molecule has 5 heteroatoms. The number of hydrogen-bond acceptors (Lipinski definition) is 4. The van der Waals surface area contributed by atoms with E-state index < -0.39 is 0 Å². The van der Waals surface area contributed by atoms with Crippen molar-refractivity contribution < 1.29 is 9.47 Å². The average Bonchev–Trinajstić information content (AvgIpc) is 3.20. The molecule has 0 saturated carbocycles. The molecule has 0 saturated heterocycles. The third kappa shape index (κ3) is 2.90. The monoisotopic (exact) mass is 390 g/mol. The van der Waals surface area contributed by atoms with Crippen molar-refractivity contribution in [3.63, 3.8) is 0 Å². The minimum Gasteiger partial charge on any atom is -0.497 e. The Hall–Kier alpha value is -2.98. The highest BCUT2D eigenvalue weighted by atomic mass is 35.5. The fourth-order valence-electron chi connectivity index (χ4n) is 3.85. The fraction of sp³-hybridized carbons (Fsp3) is 0.174. The predicted octanol–water partition coefficient (Wildman–Crippen LogP) is 5.59. The molecular formula is C23H19ClN2O2. The van der Waals surface area contributed by atoms with Gasteiger partial charge in [0.15, 0.2) is 0 Å². The Labute approximate surface area is 169 Å². The average molecular weight is 391 g/mol. The molecule has 2 atom stereocenters. The molecule has 3 aromatic carbocycles. The number of halogens is 1. The van der Waals surface area contributed by atoms with Gasteiger partial charge in [-0.05, 0) is 48.0 Å². The van der Waals surface area contributed by atoms with Gasteiger partial charge in [-0.3, -0.25) is 0 Å². The van der Waals surface area contributed by atoms with Crippen molar-refractivity contribution in [2.45, 2.75) is 18.7 Å². The van der Waals surface area contributed by atoms with Crippen LogP contribution in [0.5, 0.6) is 11.5 Å². The lowest BCUT2D eigenvalue weighted by Gasteiger charge is -2.38. The molecule has 28 heavy (non-hydrogen) atoms. The predicted molar refractivity (Wildman–Crippen MR) is 110 cm³/mol. The van der Waals surface area contributed by atoms with Crippen molar-refractivity contribution in [1.82, 2.24) is 5.01 Å². The molecule has 5 rings (SSSR count). The maximum absolute atomic E-state index is 6.36. The maximum atomic E-state index is 6.36. The third-order valence-electron chi connectivity index (χ3n) is 5.26. The minimum absolute atomic E-state index is 0.0877. The maximum Gasteiger partial charge on any atom is 0.213 e. The van der Waals surface area contributed by atoms with E-state index in [4.69, 9.17) is 26.2 Å². The lowest BCUT2D eigenvalue weighted by molar-refractivity contribution is -0.0190. The molecule has 0 N–H and O–H groups in total. The Morgan fingerprint density at radius 1 is 1.04 bits per heavy atom. The zero-order chi connectivity index (χ0) is 19.1. The zero-order valence-corrected chi connectivity index (χ0v) is 16.1. The van der Waals surface area contributed by atoms with Crippen LogP contribution >= 0.6 is 11.6 Å². The normalized spacial score (nSPS) is 20.1. The molecule has 0 amide bonds. The smallest absolute Gasteiger partial charge is 0.213 e. The molecular weight excluding hydrogens is 372 g/mol. The highest BCUT2D eigenvalue weighted by Gasteiger charge is 2.41. The highest BCUT2D eigenvalue weighted by Crippen LogP contribution is 2.48. The number of benzene rings is 3. The van der Waals surface area contributed by atoms with Crippen molar-refractivity contribution in [3.8, 4) is 11.5 Å². The second-order valence-corrected chi connectivity index (χ2v) is 7.37. The van der Waals surface area contributed by atoms with Gasteiger partial charge in [-0.15, -0.1) is 0 Å². The van der Waals surface area contributed by atoms with Gasteiger partial charge in [0.25, 0.3) is 0 Å². The first-order valence-corrected chi connectivity index (χ1v) is 9.62. The molecule has 140 valence electrons. The first kappa shape index (κ1) is 17.1. The van der Waals surface area contributed by atoms with Crippen LogP contribution in [-0.2, 0) is 0 Å². The number of fused-ring (bicyclic) bond motifs is 3. The molecule has 0 radical (unpaired) electrons. The molecule has 2 aliphatic rings. The van der Waals surface area contributed by atoms with Gasteiger partial charge in [0.1, 0.15) is 11.5 Å². The molecule has 0 aliphatic carbocycles. The van der Waals surface area contributed by atoms with Crippen LogP contribution < -0.4 is 9.47 Å². The Kier molecular flexibility index (Phi) is 4.21. The summed E-state index contributed by atoms with van der Waals surface area (Å²) in [5, 5.41) is 7.73. The van der Waals surface area contributed by atoms with Crippen LogP contribution in [0.15, 0.2) is 77.9 Å². The molecule has 0 bridgehead atoms. The van der Waals surface area contributed by atoms with Crippen LogP contribution in [0.1, 0.15) is 35.4 Å². The Balaban J connectivity index is 1.59. The lowest BCUT2D eigenvalue weighted by Crippen LogP contribution is -2.33. The highest BCUT2D eigenvalue weighted by molar-refractivity contribution is 6.30. The number of nitrogens with zero attached hydrogens (tertiary/aromatic N) is 2. The SMILES string of the molecule is COc1ccc([C@@H]2Oc3ccc(Cl)cc3[C@H]3CC(c4ccccc4)=NN32)cc1. The Morgan fingerprint density at radius 2 is 1.82 bits per heavy atom. The van der Waals surface area contributed by atoms with Crippen molar-refractivity contribution in [3.05, 3.63) is 94.5 Å². The first-order valence-electron chi connectivity index (χ1n) is 9.24. The van der Waals surface area contributed by atoms with Crippen LogP contribution in [0.4, 0.5) is 0 Å². The largest absolute Gasteiger partial charge is 0.497 e. The zero-order valence-electron chi connectivity index (χ0n) is 15.4. The lowest BCUT2D eigenvalue weighted by atomic mass is 9.96. The number of hydrazone groups is 1. The number of rotatable bonds is 3. The molecule has 0 unspecified atom stereocenters. The first-order chi connectivity index (χ1) is 13.7. The number of methoxy groups -OCH3 is 1. The summed E-state index contributed by atoms with van der Waals surface area (Å²) in [5.41, 5.74) is 4.30. The van der Waals surface area contributed by atoms with Crippen LogP contribution in [0.2, 0.25) is 5.02 Å². The van der Waals surface area contributed by atoms with Crippen LogP contribution in [0.25, 0.3) is 0 Å². The summed E-state index contributed by atoms with van der Waals surface area (Å²) in [5.74, 6) is 1.68. The van der Waals surface area contributed by atoms with E-state index in [1.807, 2.05) is 60.7 Å². The Morgan fingerprint density at radius 3 is 2.57 bits per heavy atom. The van der Waals surface area contributed by atoms with Crippen molar-refractivity contribution in [2.75, 3.05) is 7.11 Å². The van der Waals surface area contributed by atoms with Crippen LogP contribution in [0, 0.1) is 0 Å². The fourth-order valence-corrected chi connectivity index (χ4v) is 4.03. The quantitative estimate of drug-likeness (QED) is 0.584. The van der Waals surface area contributed by atoms with Gasteiger partial charge < -0.3 is 9.47 Å². The molecule has 2 aliphatic heterocycles. The summed E-state index contributed by atoms with van der Waals surface area (Å²) < 4.78 is 11.7. The topological polar surface area (TPSA) is 34.1 Å². The number of hydrogen-bond donors (Lipinski definition) is 0. The second kappa shape index (κ2) is 6.88. The van der Waals surface area contributed by atoms with Gasteiger partial charge in [0.05, 0.1) is 18.9 Å². The molecule has 2 heterocycles. The van der Waals surface area contributed by atoms with E-state index in [1.165, 1.54) is 0 Å². The summed E-state index contributed by atoms with van der Waals surface area (Å²) in [7, 11) is 1.67.